The Bertz CT molecular complexity index is 1130. The van der Waals surface area contributed by atoms with Crippen LogP contribution in [0.15, 0.2) is 77.4 Å². The number of para-hydroxylation sites is 1. The molecule has 3 aromatic rings. The molecular formula is C30H38N4O4. The first-order valence-corrected chi connectivity index (χ1v) is 13.4. The summed E-state index contributed by atoms with van der Waals surface area (Å²) in [5.41, 5.74) is 2.86. The van der Waals surface area contributed by atoms with Crippen molar-refractivity contribution in [3.05, 3.63) is 89.9 Å². The van der Waals surface area contributed by atoms with Crippen LogP contribution in [0.25, 0.3) is 0 Å². The number of carbonyl (C=O) groups is 2. The molecule has 0 spiro atoms. The Labute approximate surface area is 225 Å². The molecule has 1 aliphatic heterocycles. The largest absolute Gasteiger partial charge is 0.467 e. The number of morpholine rings is 1. The van der Waals surface area contributed by atoms with Crippen LogP contribution in [0.2, 0.25) is 0 Å². The highest BCUT2D eigenvalue weighted by Crippen LogP contribution is 2.17. The van der Waals surface area contributed by atoms with Crippen molar-refractivity contribution in [2.45, 2.75) is 32.9 Å². The molecule has 202 valence electrons. The Balaban J connectivity index is 1.47. The number of anilines is 1. The third-order valence-corrected chi connectivity index (χ3v) is 6.76. The summed E-state index contributed by atoms with van der Waals surface area (Å²) in [4.78, 5) is 32.9. The second-order valence-electron chi connectivity index (χ2n) is 9.48. The number of hydrogen-bond acceptors (Lipinski definition) is 5. The quantitative estimate of drug-likeness (QED) is 0.378. The fraction of sp³-hybridized carbons (Fsp3) is 0.400. The molecule has 0 atom stereocenters. The summed E-state index contributed by atoms with van der Waals surface area (Å²) in [5, 5.41) is 3.05. The van der Waals surface area contributed by atoms with Crippen molar-refractivity contribution < 1.29 is 18.7 Å². The Hall–Kier alpha value is -3.62. The Morgan fingerprint density at radius 1 is 0.921 bits per heavy atom. The van der Waals surface area contributed by atoms with Crippen LogP contribution in [0.1, 0.15) is 30.2 Å². The van der Waals surface area contributed by atoms with E-state index in [1.165, 1.54) is 0 Å². The predicted molar refractivity (Wildman–Crippen MR) is 148 cm³/mol. The number of rotatable bonds is 12. The molecule has 2 aromatic carbocycles. The van der Waals surface area contributed by atoms with Crippen molar-refractivity contribution in [3.63, 3.8) is 0 Å². The molecule has 8 nitrogen and oxygen atoms in total. The number of amides is 3. The number of nitrogens with zero attached hydrogens (tertiary/aromatic N) is 3. The average Bonchev–Trinajstić information content (AvgIpc) is 3.47. The van der Waals surface area contributed by atoms with E-state index in [2.05, 4.69) is 17.1 Å². The van der Waals surface area contributed by atoms with Crippen molar-refractivity contribution in [1.29, 1.82) is 0 Å². The van der Waals surface area contributed by atoms with E-state index in [-0.39, 0.29) is 18.5 Å². The van der Waals surface area contributed by atoms with E-state index in [0.29, 0.717) is 25.4 Å². The number of hydrogen-bond donors (Lipinski definition) is 1. The van der Waals surface area contributed by atoms with Gasteiger partial charge in [0, 0.05) is 38.4 Å². The zero-order valence-corrected chi connectivity index (χ0v) is 22.2. The minimum atomic E-state index is -0.265. The topological polar surface area (TPSA) is 78.3 Å². The van der Waals surface area contributed by atoms with Crippen LogP contribution in [0, 0.1) is 0 Å². The molecular weight excluding hydrogens is 480 g/mol. The van der Waals surface area contributed by atoms with Gasteiger partial charge in [-0.15, -0.1) is 0 Å². The lowest BCUT2D eigenvalue weighted by Crippen LogP contribution is -2.45. The molecule has 0 aliphatic carbocycles. The molecule has 1 aromatic heterocycles. The molecule has 0 saturated carbocycles. The zero-order valence-electron chi connectivity index (χ0n) is 22.2. The van der Waals surface area contributed by atoms with Crippen LogP contribution in [0.4, 0.5) is 10.5 Å². The van der Waals surface area contributed by atoms with Crippen LogP contribution in [0.5, 0.6) is 0 Å². The molecule has 1 fully saturated rings. The number of benzene rings is 2. The number of ether oxygens (including phenoxy) is 1. The molecule has 38 heavy (non-hydrogen) atoms. The average molecular weight is 519 g/mol. The predicted octanol–water partition coefficient (Wildman–Crippen LogP) is 4.63. The van der Waals surface area contributed by atoms with E-state index < -0.39 is 0 Å². The number of furan rings is 1. The van der Waals surface area contributed by atoms with E-state index in [9.17, 15) is 9.59 Å². The molecule has 1 aliphatic rings. The highest BCUT2D eigenvalue weighted by Gasteiger charge is 2.23. The summed E-state index contributed by atoms with van der Waals surface area (Å²) >= 11 is 0. The third kappa shape index (κ3) is 8.19. The first kappa shape index (κ1) is 27.4. The van der Waals surface area contributed by atoms with Crippen LogP contribution in [-0.4, -0.2) is 72.6 Å². The van der Waals surface area contributed by atoms with Crippen LogP contribution < -0.4 is 5.32 Å². The van der Waals surface area contributed by atoms with Gasteiger partial charge in [-0.05, 0) is 42.2 Å². The van der Waals surface area contributed by atoms with Crippen LogP contribution >= 0.6 is 0 Å². The number of urea groups is 1. The van der Waals surface area contributed by atoms with E-state index in [0.717, 1.165) is 62.5 Å². The highest BCUT2D eigenvalue weighted by atomic mass is 16.5. The van der Waals surface area contributed by atoms with Gasteiger partial charge in [-0.1, -0.05) is 55.5 Å². The van der Waals surface area contributed by atoms with Gasteiger partial charge in [0.25, 0.3) is 0 Å². The summed E-state index contributed by atoms with van der Waals surface area (Å²) in [6.07, 6.45) is 3.18. The second-order valence-corrected chi connectivity index (χ2v) is 9.48. The molecule has 1 saturated heterocycles. The van der Waals surface area contributed by atoms with Crippen LogP contribution in [0.3, 0.4) is 0 Å². The van der Waals surface area contributed by atoms with Gasteiger partial charge in [-0.25, -0.2) is 4.79 Å². The monoisotopic (exact) mass is 518 g/mol. The van der Waals surface area contributed by atoms with E-state index >= 15 is 0 Å². The lowest BCUT2D eigenvalue weighted by molar-refractivity contribution is -0.133. The third-order valence-electron chi connectivity index (χ3n) is 6.76. The van der Waals surface area contributed by atoms with E-state index in [4.69, 9.17) is 9.15 Å². The maximum absolute atomic E-state index is 13.7. The molecule has 4 rings (SSSR count). The van der Waals surface area contributed by atoms with Gasteiger partial charge >= 0.3 is 6.03 Å². The fourth-order valence-corrected chi connectivity index (χ4v) is 4.60. The Kier molecular flexibility index (Phi) is 10.4. The van der Waals surface area contributed by atoms with Gasteiger partial charge in [0.2, 0.25) is 5.91 Å². The molecule has 0 unspecified atom stereocenters. The second kappa shape index (κ2) is 14.4. The van der Waals surface area contributed by atoms with Crippen molar-refractivity contribution in [2.24, 2.45) is 0 Å². The van der Waals surface area contributed by atoms with Crippen LogP contribution in [-0.2, 0) is 29.0 Å². The number of nitrogens with one attached hydrogen (secondary N) is 1. The molecule has 0 radical (unpaired) electrons. The van der Waals surface area contributed by atoms with E-state index in [1.54, 1.807) is 16.1 Å². The van der Waals surface area contributed by atoms with Crippen molar-refractivity contribution >= 4 is 17.6 Å². The number of aryl methyl sites for hydroxylation is 1. The lowest BCUT2D eigenvalue weighted by Gasteiger charge is -2.30. The number of carbonyl (C=O) groups excluding carboxylic acids is 2. The molecule has 0 bridgehead atoms. The minimum Gasteiger partial charge on any atom is -0.467 e. The lowest BCUT2D eigenvalue weighted by atomic mass is 10.1. The summed E-state index contributed by atoms with van der Waals surface area (Å²) < 4.78 is 11.0. The molecule has 2 heterocycles. The standard InChI is InChI=1S/C30H38N4O4/c1-2-26-12-6-7-14-28(26)31-30(36)33(16-9-15-32-17-20-37-21-18-32)24-29(35)34(23-27-13-8-19-38-27)22-25-10-4-3-5-11-25/h3-8,10-14,19H,2,9,15-18,20-24H2,1H3,(H,31,36). The normalized spacial score (nSPS) is 13.7. The highest BCUT2D eigenvalue weighted by molar-refractivity contribution is 5.93. The molecule has 8 heteroatoms. The smallest absolute Gasteiger partial charge is 0.322 e. The zero-order chi connectivity index (χ0) is 26.6. The van der Waals surface area contributed by atoms with Gasteiger partial charge < -0.3 is 24.3 Å². The van der Waals surface area contributed by atoms with Gasteiger partial charge in [0.05, 0.1) is 26.0 Å². The first-order valence-electron chi connectivity index (χ1n) is 13.4. The van der Waals surface area contributed by atoms with Crippen molar-refractivity contribution in [3.8, 4) is 0 Å². The summed E-state index contributed by atoms with van der Waals surface area (Å²) in [7, 11) is 0. The van der Waals surface area contributed by atoms with Crippen molar-refractivity contribution in [1.82, 2.24) is 14.7 Å². The summed E-state index contributed by atoms with van der Waals surface area (Å²) in [5.74, 6) is 0.574. The molecule has 1 N–H and O–H groups in total. The van der Waals surface area contributed by atoms with Gasteiger partial charge in [-0.2, -0.15) is 0 Å². The Morgan fingerprint density at radius 3 is 2.42 bits per heavy atom. The van der Waals surface area contributed by atoms with Gasteiger partial charge in [-0.3, -0.25) is 9.69 Å². The van der Waals surface area contributed by atoms with Crippen molar-refractivity contribution in [2.75, 3.05) is 51.3 Å². The summed E-state index contributed by atoms with van der Waals surface area (Å²) in [6, 6.07) is 21.1. The molecule has 3 amide bonds. The first-order chi connectivity index (χ1) is 18.6. The Morgan fingerprint density at radius 2 is 1.68 bits per heavy atom. The fourth-order valence-electron chi connectivity index (χ4n) is 4.60. The van der Waals surface area contributed by atoms with E-state index in [1.807, 2.05) is 66.7 Å². The SMILES string of the molecule is CCc1ccccc1NC(=O)N(CCCN1CCOCC1)CC(=O)N(Cc1ccccc1)Cc1ccco1. The van der Waals surface area contributed by atoms with Gasteiger partial charge in [0.15, 0.2) is 0 Å². The minimum absolute atomic E-state index is 0.0171. The van der Waals surface area contributed by atoms with Gasteiger partial charge in [0.1, 0.15) is 12.3 Å². The maximum atomic E-state index is 13.7. The maximum Gasteiger partial charge on any atom is 0.322 e. The summed E-state index contributed by atoms with van der Waals surface area (Å²) in [6.45, 7) is 7.39.